The number of rotatable bonds is 8. The molecule has 0 bridgehead atoms. The molecule has 4 heteroatoms. The van der Waals surface area contributed by atoms with E-state index in [4.69, 9.17) is 0 Å². The lowest BCUT2D eigenvalue weighted by atomic mass is 9.81. The molecule has 0 amide bonds. The number of carbonyl (C=O) groups is 2. The van der Waals surface area contributed by atoms with E-state index in [1.54, 1.807) is 12.1 Å². The van der Waals surface area contributed by atoms with Gasteiger partial charge < -0.3 is 9.38 Å². The fourth-order valence-electron chi connectivity index (χ4n) is 5.58. The first-order valence-corrected chi connectivity index (χ1v) is 12.0. The zero-order valence-corrected chi connectivity index (χ0v) is 20.2. The number of fused-ring (bicyclic) bond motifs is 2. The predicted molar refractivity (Wildman–Crippen MR) is 131 cm³/mol. The molecule has 1 aliphatic heterocycles. The van der Waals surface area contributed by atoms with Crippen LogP contribution in [0.25, 0.3) is 0 Å². The predicted octanol–water partition coefficient (Wildman–Crippen LogP) is 5.11. The van der Waals surface area contributed by atoms with Gasteiger partial charge in [0.25, 0.3) is 0 Å². The summed E-state index contributed by atoms with van der Waals surface area (Å²) in [5, 5.41) is 0. The second kappa shape index (κ2) is 8.47. The molecule has 0 aromatic heterocycles. The summed E-state index contributed by atoms with van der Waals surface area (Å²) in [5.41, 5.74) is 4.22. The van der Waals surface area contributed by atoms with Crippen molar-refractivity contribution in [2.24, 2.45) is 5.92 Å². The van der Waals surface area contributed by atoms with Gasteiger partial charge in [-0.25, -0.2) is 0 Å². The number of para-hydroxylation sites is 1. The Kier molecular flexibility index (Phi) is 6.02. The van der Waals surface area contributed by atoms with Gasteiger partial charge in [0.1, 0.15) is 0 Å². The molecule has 0 N–H and O–H groups in total. The lowest BCUT2D eigenvalue weighted by Gasteiger charge is -2.34. The molecular formula is C28H37N2O2+. The Balaban J connectivity index is 1.28. The molecule has 4 nitrogen and oxygen atoms in total. The largest absolute Gasteiger partial charge is 0.367 e. The average Bonchev–Trinajstić information content (AvgIpc) is 3.12. The van der Waals surface area contributed by atoms with Crippen molar-refractivity contribution in [1.29, 1.82) is 0 Å². The molecule has 1 heterocycles. The van der Waals surface area contributed by atoms with E-state index in [1.807, 2.05) is 12.1 Å². The maximum atomic E-state index is 12.6. The Morgan fingerprint density at radius 3 is 2.09 bits per heavy atom. The zero-order valence-electron chi connectivity index (χ0n) is 20.2. The highest BCUT2D eigenvalue weighted by Gasteiger charge is 2.41. The van der Waals surface area contributed by atoms with Crippen molar-refractivity contribution < 1.29 is 14.1 Å². The van der Waals surface area contributed by atoms with E-state index in [2.05, 4.69) is 64.0 Å². The summed E-state index contributed by atoms with van der Waals surface area (Å²) in [6.45, 7) is 10.1. The van der Waals surface area contributed by atoms with Gasteiger partial charge >= 0.3 is 0 Å². The lowest BCUT2D eigenvalue weighted by Crippen LogP contribution is -2.44. The van der Waals surface area contributed by atoms with Crippen LogP contribution in [0.3, 0.4) is 0 Å². The molecule has 32 heavy (non-hydrogen) atoms. The second-order valence-corrected chi connectivity index (χ2v) is 10.8. The molecule has 0 fully saturated rings. The van der Waals surface area contributed by atoms with Gasteiger partial charge in [-0.3, -0.25) is 9.59 Å². The molecule has 2 aromatic carbocycles. The van der Waals surface area contributed by atoms with E-state index in [-0.39, 0.29) is 17.0 Å². The van der Waals surface area contributed by atoms with Gasteiger partial charge in [0.15, 0.2) is 11.6 Å². The second-order valence-electron chi connectivity index (χ2n) is 10.8. The van der Waals surface area contributed by atoms with E-state index in [0.717, 1.165) is 37.0 Å². The summed E-state index contributed by atoms with van der Waals surface area (Å²) in [4.78, 5) is 27.8. The molecule has 2 aliphatic rings. The third-order valence-corrected chi connectivity index (χ3v) is 7.93. The van der Waals surface area contributed by atoms with Gasteiger partial charge in [-0.1, -0.05) is 56.3 Å². The third-order valence-electron chi connectivity index (χ3n) is 7.93. The van der Waals surface area contributed by atoms with E-state index < -0.39 is 5.92 Å². The summed E-state index contributed by atoms with van der Waals surface area (Å²) in [6.07, 6.45) is 2.66. The van der Waals surface area contributed by atoms with Crippen LogP contribution in [0.15, 0.2) is 48.5 Å². The summed E-state index contributed by atoms with van der Waals surface area (Å²) < 4.78 is 0.912. The number of ketones is 2. The van der Waals surface area contributed by atoms with Crippen molar-refractivity contribution in [2.45, 2.75) is 51.5 Å². The molecule has 2 aromatic rings. The van der Waals surface area contributed by atoms with Crippen LogP contribution >= 0.6 is 0 Å². The summed E-state index contributed by atoms with van der Waals surface area (Å²) in [7, 11) is 4.52. The summed E-state index contributed by atoms with van der Waals surface area (Å²) >= 11 is 0. The molecule has 1 atom stereocenters. The maximum Gasteiger partial charge on any atom is 0.174 e. The zero-order chi connectivity index (χ0) is 23.1. The molecule has 0 saturated heterocycles. The fourth-order valence-corrected chi connectivity index (χ4v) is 5.58. The van der Waals surface area contributed by atoms with Crippen LogP contribution in [0, 0.1) is 5.92 Å². The topological polar surface area (TPSA) is 37.4 Å². The molecule has 170 valence electrons. The Labute approximate surface area is 192 Å². The summed E-state index contributed by atoms with van der Waals surface area (Å²) in [6, 6.07) is 16.6. The van der Waals surface area contributed by atoms with E-state index in [1.165, 1.54) is 11.3 Å². The van der Waals surface area contributed by atoms with Crippen LogP contribution in [0.5, 0.6) is 0 Å². The SMILES string of the molecule is CC1N(CCC[N+](C)(C)CCCC2C(=O)c3ccccc3C2=O)c2ccccc2C1(C)C. The van der Waals surface area contributed by atoms with Crippen LogP contribution in [-0.2, 0) is 5.41 Å². The minimum atomic E-state index is -0.475. The minimum absolute atomic E-state index is 0.0141. The molecule has 1 unspecified atom stereocenters. The van der Waals surface area contributed by atoms with Crippen molar-refractivity contribution in [1.82, 2.24) is 0 Å². The molecule has 0 spiro atoms. The van der Waals surface area contributed by atoms with E-state index in [9.17, 15) is 9.59 Å². The highest BCUT2D eigenvalue weighted by molar-refractivity contribution is 6.26. The first-order chi connectivity index (χ1) is 15.1. The Morgan fingerprint density at radius 1 is 0.875 bits per heavy atom. The Hall–Kier alpha value is -2.46. The monoisotopic (exact) mass is 433 g/mol. The maximum absolute atomic E-state index is 12.6. The van der Waals surface area contributed by atoms with Gasteiger partial charge in [0.2, 0.25) is 0 Å². The number of anilines is 1. The van der Waals surface area contributed by atoms with Crippen LogP contribution in [-0.4, -0.2) is 55.8 Å². The van der Waals surface area contributed by atoms with E-state index >= 15 is 0 Å². The van der Waals surface area contributed by atoms with Crippen molar-refractivity contribution in [3.05, 3.63) is 65.2 Å². The van der Waals surface area contributed by atoms with Gasteiger partial charge in [0.05, 0.1) is 33.1 Å². The van der Waals surface area contributed by atoms with Crippen LogP contribution < -0.4 is 4.90 Å². The quantitative estimate of drug-likeness (QED) is 0.429. The number of nitrogens with zero attached hydrogens (tertiary/aromatic N) is 2. The van der Waals surface area contributed by atoms with Crippen molar-refractivity contribution >= 4 is 17.3 Å². The average molecular weight is 434 g/mol. The van der Waals surface area contributed by atoms with Crippen LogP contribution in [0.4, 0.5) is 5.69 Å². The number of hydrogen-bond acceptors (Lipinski definition) is 3. The molecule has 4 rings (SSSR count). The fraction of sp³-hybridized carbons (Fsp3) is 0.500. The van der Waals surface area contributed by atoms with Crippen LogP contribution in [0.2, 0.25) is 0 Å². The standard InChI is InChI=1S/C28H37N2O2/c1-20-28(2,3)24-15-8-9-16-25(24)29(20)17-11-19-30(4,5)18-10-14-23-26(31)21-12-6-7-13-22(21)27(23)32/h6-9,12-13,15-16,20,23H,10-11,14,17-19H2,1-5H3/q+1. The number of benzene rings is 2. The highest BCUT2D eigenvalue weighted by atomic mass is 16.2. The Bertz CT molecular complexity index is 989. The van der Waals surface area contributed by atoms with Crippen molar-refractivity contribution in [3.8, 4) is 0 Å². The van der Waals surface area contributed by atoms with Gasteiger partial charge in [-0.15, -0.1) is 0 Å². The first kappa shape index (κ1) is 22.7. The first-order valence-electron chi connectivity index (χ1n) is 12.0. The Morgan fingerprint density at radius 2 is 1.44 bits per heavy atom. The van der Waals surface area contributed by atoms with Gasteiger partial charge in [0, 0.05) is 41.2 Å². The van der Waals surface area contributed by atoms with Gasteiger partial charge in [-0.05, 0) is 31.4 Å². The summed E-state index contributed by atoms with van der Waals surface area (Å²) in [5.74, 6) is -0.447. The highest BCUT2D eigenvalue weighted by Crippen LogP contribution is 2.44. The van der Waals surface area contributed by atoms with E-state index in [0.29, 0.717) is 23.6 Å². The number of quaternary nitrogens is 1. The number of carbonyl (C=O) groups excluding carboxylic acids is 2. The lowest BCUT2D eigenvalue weighted by molar-refractivity contribution is -0.890. The third kappa shape index (κ3) is 4.01. The van der Waals surface area contributed by atoms with Crippen molar-refractivity contribution in [3.63, 3.8) is 0 Å². The molecule has 0 saturated carbocycles. The number of hydrogen-bond donors (Lipinski definition) is 0. The van der Waals surface area contributed by atoms with Crippen molar-refractivity contribution in [2.75, 3.05) is 38.6 Å². The van der Waals surface area contributed by atoms with Gasteiger partial charge in [-0.2, -0.15) is 0 Å². The van der Waals surface area contributed by atoms with Crippen LogP contribution in [0.1, 0.15) is 66.3 Å². The normalized spacial score (nSPS) is 20.0. The minimum Gasteiger partial charge on any atom is -0.367 e. The molecule has 1 aliphatic carbocycles. The molecule has 0 radical (unpaired) electrons. The number of Topliss-reactive ketones (excluding diaryl/α,β-unsaturated/α-hetero) is 2. The molecular weight excluding hydrogens is 396 g/mol. The smallest absolute Gasteiger partial charge is 0.174 e.